The summed E-state index contributed by atoms with van der Waals surface area (Å²) in [7, 11) is 0. The molecule has 1 aliphatic carbocycles. The number of aryl methyl sites for hydroxylation is 1. The monoisotopic (exact) mass is 295 g/mol. The van der Waals surface area contributed by atoms with E-state index in [1.165, 1.54) is 0 Å². The SMILES string of the molecule is Cc1ccc(C(=O)NCC(O)(c2ccccc2)C2CC2)cc1. The number of carbonyl (C=O) groups is 1. The predicted octanol–water partition coefficient (Wildman–Crippen LogP) is 3.02. The van der Waals surface area contributed by atoms with E-state index in [0.717, 1.165) is 24.0 Å². The summed E-state index contributed by atoms with van der Waals surface area (Å²) in [5, 5.41) is 13.9. The largest absolute Gasteiger partial charge is 0.383 e. The molecule has 1 atom stereocenters. The van der Waals surface area contributed by atoms with Crippen LogP contribution in [0.25, 0.3) is 0 Å². The third-order valence-electron chi connectivity index (χ3n) is 4.36. The fourth-order valence-corrected chi connectivity index (χ4v) is 2.79. The Morgan fingerprint density at radius 2 is 1.77 bits per heavy atom. The van der Waals surface area contributed by atoms with Crippen LogP contribution in [0.1, 0.15) is 34.3 Å². The van der Waals surface area contributed by atoms with Gasteiger partial charge in [0.15, 0.2) is 0 Å². The van der Waals surface area contributed by atoms with Crippen LogP contribution in [0, 0.1) is 12.8 Å². The van der Waals surface area contributed by atoms with Crippen molar-refractivity contribution in [2.75, 3.05) is 6.54 Å². The molecule has 0 aromatic heterocycles. The zero-order valence-corrected chi connectivity index (χ0v) is 12.8. The van der Waals surface area contributed by atoms with Crippen LogP contribution >= 0.6 is 0 Å². The van der Waals surface area contributed by atoms with Gasteiger partial charge in [0.05, 0.1) is 6.54 Å². The molecule has 0 bridgehead atoms. The minimum absolute atomic E-state index is 0.144. The Morgan fingerprint density at radius 3 is 2.36 bits per heavy atom. The van der Waals surface area contributed by atoms with Gasteiger partial charge in [0, 0.05) is 5.56 Å². The maximum Gasteiger partial charge on any atom is 0.251 e. The van der Waals surface area contributed by atoms with Crippen molar-refractivity contribution < 1.29 is 9.90 Å². The van der Waals surface area contributed by atoms with Crippen LogP contribution in [-0.4, -0.2) is 17.6 Å². The lowest BCUT2D eigenvalue weighted by atomic mass is 9.88. The Balaban J connectivity index is 1.72. The highest BCUT2D eigenvalue weighted by Gasteiger charge is 2.45. The van der Waals surface area contributed by atoms with Crippen molar-refractivity contribution in [2.24, 2.45) is 5.92 Å². The Kier molecular flexibility index (Phi) is 3.99. The summed E-state index contributed by atoms with van der Waals surface area (Å²) in [6.07, 6.45) is 2.01. The van der Waals surface area contributed by atoms with Gasteiger partial charge >= 0.3 is 0 Å². The number of benzene rings is 2. The molecule has 1 amide bonds. The Morgan fingerprint density at radius 1 is 1.14 bits per heavy atom. The topological polar surface area (TPSA) is 49.3 Å². The van der Waals surface area contributed by atoms with E-state index in [2.05, 4.69) is 5.32 Å². The lowest BCUT2D eigenvalue weighted by Gasteiger charge is -2.29. The molecule has 0 heterocycles. The molecule has 3 heteroatoms. The number of hydrogen-bond acceptors (Lipinski definition) is 2. The second-order valence-electron chi connectivity index (χ2n) is 6.11. The number of carbonyl (C=O) groups excluding carboxylic acids is 1. The van der Waals surface area contributed by atoms with Gasteiger partial charge in [0.25, 0.3) is 5.91 Å². The van der Waals surface area contributed by atoms with Gasteiger partial charge in [0.2, 0.25) is 0 Å². The molecular weight excluding hydrogens is 274 g/mol. The van der Waals surface area contributed by atoms with E-state index < -0.39 is 5.60 Å². The van der Waals surface area contributed by atoms with Crippen molar-refractivity contribution in [3.63, 3.8) is 0 Å². The molecule has 0 aliphatic heterocycles. The molecule has 1 fully saturated rings. The molecular formula is C19H21NO2. The van der Waals surface area contributed by atoms with E-state index >= 15 is 0 Å². The van der Waals surface area contributed by atoms with Crippen LogP contribution in [0.15, 0.2) is 54.6 Å². The van der Waals surface area contributed by atoms with Gasteiger partial charge in [-0.25, -0.2) is 0 Å². The summed E-state index contributed by atoms with van der Waals surface area (Å²) in [5.74, 6) is 0.0863. The summed E-state index contributed by atoms with van der Waals surface area (Å²) in [4.78, 5) is 12.3. The van der Waals surface area contributed by atoms with Crippen LogP contribution < -0.4 is 5.32 Å². The van der Waals surface area contributed by atoms with Crippen molar-refractivity contribution in [1.29, 1.82) is 0 Å². The van der Waals surface area contributed by atoms with Gasteiger partial charge in [-0.15, -0.1) is 0 Å². The standard InChI is InChI=1S/C19H21NO2/c1-14-7-9-15(10-8-14)18(21)20-13-19(22,17-11-12-17)16-5-3-2-4-6-16/h2-10,17,22H,11-13H2,1H3,(H,20,21). The average Bonchev–Trinajstić information content (AvgIpc) is 3.39. The molecule has 1 unspecified atom stereocenters. The summed E-state index contributed by atoms with van der Waals surface area (Å²) in [6, 6.07) is 17.1. The van der Waals surface area contributed by atoms with Gasteiger partial charge in [-0.2, -0.15) is 0 Å². The minimum atomic E-state index is -0.971. The fraction of sp³-hybridized carbons (Fsp3) is 0.316. The van der Waals surface area contributed by atoms with Gasteiger partial charge in [-0.1, -0.05) is 48.0 Å². The third kappa shape index (κ3) is 3.04. The van der Waals surface area contributed by atoms with Crippen molar-refractivity contribution in [1.82, 2.24) is 5.32 Å². The normalized spacial score (nSPS) is 16.8. The first kappa shape index (κ1) is 14.8. The minimum Gasteiger partial charge on any atom is -0.383 e. The van der Waals surface area contributed by atoms with E-state index in [9.17, 15) is 9.90 Å². The van der Waals surface area contributed by atoms with Gasteiger partial charge in [0.1, 0.15) is 5.60 Å². The zero-order valence-electron chi connectivity index (χ0n) is 12.8. The molecule has 3 rings (SSSR count). The third-order valence-corrected chi connectivity index (χ3v) is 4.36. The summed E-state index contributed by atoms with van der Waals surface area (Å²) in [6.45, 7) is 2.23. The number of amides is 1. The van der Waals surface area contributed by atoms with Crippen LogP contribution in [-0.2, 0) is 5.60 Å². The van der Waals surface area contributed by atoms with E-state index in [0.29, 0.717) is 5.56 Å². The highest BCUT2D eigenvalue weighted by Crippen LogP contribution is 2.45. The van der Waals surface area contributed by atoms with Gasteiger partial charge in [-0.3, -0.25) is 4.79 Å². The lowest BCUT2D eigenvalue weighted by molar-refractivity contribution is 0.0135. The van der Waals surface area contributed by atoms with Gasteiger partial charge < -0.3 is 10.4 Å². The first-order valence-corrected chi connectivity index (χ1v) is 7.72. The summed E-state index contributed by atoms with van der Waals surface area (Å²) >= 11 is 0. The van der Waals surface area contributed by atoms with Crippen LogP contribution in [0.2, 0.25) is 0 Å². The first-order valence-electron chi connectivity index (χ1n) is 7.72. The first-order chi connectivity index (χ1) is 10.6. The highest BCUT2D eigenvalue weighted by atomic mass is 16.3. The number of rotatable bonds is 5. The van der Waals surface area contributed by atoms with E-state index in [-0.39, 0.29) is 18.4 Å². The summed E-state index contributed by atoms with van der Waals surface area (Å²) in [5.41, 5.74) is 1.65. The molecule has 3 nitrogen and oxygen atoms in total. The second kappa shape index (κ2) is 5.93. The van der Waals surface area contributed by atoms with Crippen molar-refractivity contribution in [3.8, 4) is 0 Å². The molecule has 114 valence electrons. The Bertz CT molecular complexity index is 647. The molecule has 1 aliphatic rings. The number of aliphatic hydroxyl groups is 1. The number of hydrogen-bond donors (Lipinski definition) is 2. The van der Waals surface area contributed by atoms with Crippen LogP contribution in [0.4, 0.5) is 0 Å². The molecule has 22 heavy (non-hydrogen) atoms. The second-order valence-corrected chi connectivity index (χ2v) is 6.11. The van der Waals surface area contributed by atoms with E-state index in [1.54, 1.807) is 0 Å². The van der Waals surface area contributed by atoms with Crippen LogP contribution in [0.5, 0.6) is 0 Å². The summed E-state index contributed by atoms with van der Waals surface area (Å²) < 4.78 is 0. The predicted molar refractivity (Wildman–Crippen MR) is 86.6 cm³/mol. The zero-order chi connectivity index (χ0) is 15.6. The van der Waals surface area contributed by atoms with Gasteiger partial charge in [-0.05, 0) is 43.4 Å². The smallest absolute Gasteiger partial charge is 0.251 e. The maximum atomic E-state index is 12.3. The molecule has 2 aromatic carbocycles. The maximum absolute atomic E-state index is 12.3. The Hall–Kier alpha value is -2.13. The fourth-order valence-electron chi connectivity index (χ4n) is 2.79. The average molecular weight is 295 g/mol. The molecule has 0 radical (unpaired) electrons. The molecule has 1 saturated carbocycles. The molecule has 0 saturated heterocycles. The van der Waals surface area contributed by atoms with Crippen molar-refractivity contribution >= 4 is 5.91 Å². The van der Waals surface area contributed by atoms with Crippen molar-refractivity contribution in [3.05, 3.63) is 71.3 Å². The van der Waals surface area contributed by atoms with Crippen molar-refractivity contribution in [2.45, 2.75) is 25.4 Å². The van der Waals surface area contributed by atoms with Crippen LogP contribution in [0.3, 0.4) is 0 Å². The lowest BCUT2D eigenvalue weighted by Crippen LogP contribution is -2.42. The molecule has 0 spiro atoms. The van der Waals surface area contributed by atoms with E-state index in [1.807, 2.05) is 61.5 Å². The molecule has 2 N–H and O–H groups in total. The highest BCUT2D eigenvalue weighted by molar-refractivity contribution is 5.94. The number of nitrogens with one attached hydrogen (secondary N) is 1. The Labute approximate surface area is 131 Å². The quantitative estimate of drug-likeness (QED) is 0.891. The molecule has 2 aromatic rings. The van der Waals surface area contributed by atoms with E-state index in [4.69, 9.17) is 0 Å².